The smallest absolute Gasteiger partial charge is 0.223 e. The Balaban J connectivity index is 1.88. The highest BCUT2D eigenvalue weighted by Crippen LogP contribution is 2.32. The predicted octanol–water partition coefficient (Wildman–Crippen LogP) is 3.32. The van der Waals surface area contributed by atoms with Crippen molar-refractivity contribution in [1.29, 1.82) is 0 Å². The summed E-state index contributed by atoms with van der Waals surface area (Å²) < 4.78 is 0. The summed E-state index contributed by atoms with van der Waals surface area (Å²) in [5.41, 5.74) is 6.08. The van der Waals surface area contributed by atoms with Crippen LogP contribution in [0.15, 0.2) is 0 Å². The van der Waals surface area contributed by atoms with Gasteiger partial charge < -0.3 is 10.6 Å². The Hall–Kier alpha value is -0.570. The minimum absolute atomic E-state index is 0.101. The average molecular weight is 280 g/mol. The van der Waals surface area contributed by atoms with E-state index in [1.165, 1.54) is 38.5 Å². The van der Waals surface area contributed by atoms with Crippen LogP contribution in [0.3, 0.4) is 0 Å². The first kappa shape index (κ1) is 15.8. The number of likely N-dealkylation sites (tertiary alicyclic amines) is 1. The minimum atomic E-state index is 0.101. The van der Waals surface area contributed by atoms with E-state index in [1.54, 1.807) is 0 Å². The standard InChI is InChI=1S/C17H32N2O/c1-13(15-8-4-3-5-9-15)12-17(20)19-11-7-6-10-16(19)14(2)18/h13-16H,3-12,18H2,1-2H3. The van der Waals surface area contributed by atoms with Crippen molar-refractivity contribution in [3.8, 4) is 0 Å². The van der Waals surface area contributed by atoms with Gasteiger partial charge in [-0.2, -0.15) is 0 Å². The zero-order chi connectivity index (χ0) is 14.5. The first-order valence-electron chi connectivity index (χ1n) is 8.64. The lowest BCUT2D eigenvalue weighted by Crippen LogP contribution is -2.52. The fraction of sp³-hybridized carbons (Fsp3) is 0.941. The number of amides is 1. The molecule has 20 heavy (non-hydrogen) atoms. The number of hydrogen-bond donors (Lipinski definition) is 1. The minimum Gasteiger partial charge on any atom is -0.338 e. The molecule has 3 atom stereocenters. The van der Waals surface area contributed by atoms with Crippen LogP contribution in [0.25, 0.3) is 0 Å². The topological polar surface area (TPSA) is 46.3 Å². The van der Waals surface area contributed by atoms with Crippen molar-refractivity contribution in [3.05, 3.63) is 0 Å². The second-order valence-corrected chi connectivity index (χ2v) is 7.09. The maximum absolute atomic E-state index is 12.6. The summed E-state index contributed by atoms with van der Waals surface area (Å²) >= 11 is 0. The molecule has 0 spiro atoms. The maximum atomic E-state index is 12.6. The van der Waals surface area contributed by atoms with E-state index in [9.17, 15) is 4.79 Å². The van der Waals surface area contributed by atoms with Crippen LogP contribution in [0.5, 0.6) is 0 Å². The Kier molecular flexibility index (Phi) is 5.88. The van der Waals surface area contributed by atoms with Gasteiger partial charge in [0.1, 0.15) is 0 Å². The van der Waals surface area contributed by atoms with Gasteiger partial charge in [-0.25, -0.2) is 0 Å². The van der Waals surface area contributed by atoms with Crippen LogP contribution < -0.4 is 5.73 Å². The second kappa shape index (κ2) is 7.44. The van der Waals surface area contributed by atoms with Gasteiger partial charge in [0.25, 0.3) is 0 Å². The molecule has 3 unspecified atom stereocenters. The molecule has 1 aliphatic carbocycles. The molecule has 2 rings (SSSR count). The lowest BCUT2D eigenvalue weighted by atomic mass is 9.79. The van der Waals surface area contributed by atoms with Crippen LogP contribution in [0, 0.1) is 11.8 Å². The molecule has 3 nitrogen and oxygen atoms in total. The van der Waals surface area contributed by atoms with Crippen LogP contribution in [0.1, 0.15) is 71.6 Å². The van der Waals surface area contributed by atoms with Gasteiger partial charge >= 0.3 is 0 Å². The van der Waals surface area contributed by atoms with E-state index in [2.05, 4.69) is 11.8 Å². The number of carbonyl (C=O) groups is 1. The van der Waals surface area contributed by atoms with Gasteiger partial charge in [0, 0.05) is 25.0 Å². The number of nitrogens with two attached hydrogens (primary N) is 1. The summed E-state index contributed by atoms with van der Waals surface area (Å²) in [7, 11) is 0. The van der Waals surface area contributed by atoms with Crippen molar-refractivity contribution >= 4 is 5.91 Å². The molecule has 1 heterocycles. The van der Waals surface area contributed by atoms with E-state index >= 15 is 0 Å². The lowest BCUT2D eigenvalue weighted by Gasteiger charge is -2.39. The maximum Gasteiger partial charge on any atom is 0.223 e. The SMILES string of the molecule is CC(N)C1CCCCN1C(=O)CC(C)C1CCCCC1. The van der Waals surface area contributed by atoms with E-state index in [4.69, 9.17) is 5.73 Å². The largest absolute Gasteiger partial charge is 0.338 e. The second-order valence-electron chi connectivity index (χ2n) is 7.09. The van der Waals surface area contributed by atoms with E-state index < -0.39 is 0 Å². The molecule has 1 saturated heterocycles. The number of hydrogen-bond acceptors (Lipinski definition) is 2. The number of nitrogens with zero attached hydrogens (tertiary/aromatic N) is 1. The number of carbonyl (C=O) groups excluding carboxylic acids is 1. The molecule has 0 radical (unpaired) electrons. The summed E-state index contributed by atoms with van der Waals surface area (Å²) in [6.07, 6.45) is 10.9. The van der Waals surface area contributed by atoms with Gasteiger partial charge in [0.05, 0.1) is 0 Å². The molecule has 0 aromatic heterocycles. The zero-order valence-electron chi connectivity index (χ0n) is 13.3. The van der Waals surface area contributed by atoms with E-state index in [0.717, 1.165) is 31.7 Å². The molecule has 2 N–H and O–H groups in total. The summed E-state index contributed by atoms with van der Waals surface area (Å²) in [6, 6.07) is 0.374. The fourth-order valence-corrected chi connectivity index (χ4v) is 4.08. The molecule has 3 heteroatoms. The lowest BCUT2D eigenvalue weighted by molar-refractivity contribution is -0.136. The molecule has 1 aliphatic heterocycles. The molecule has 0 bridgehead atoms. The highest BCUT2D eigenvalue weighted by molar-refractivity contribution is 5.77. The Morgan fingerprint density at radius 2 is 1.75 bits per heavy atom. The van der Waals surface area contributed by atoms with Crippen molar-refractivity contribution in [2.24, 2.45) is 17.6 Å². The first-order chi connectivity index (χ1) is 9.59. The van der Waals surface area contributed by atoms with Gasteiger partial charge in [0.15, 0.2) is 0 Å². The summed E-state index contributed by atoms with van der Waals surface area (Å²) in [5, 5.41) is 0. The molecule has 0 aromatic carbocycles. The summed E-state index contributed by atoms with van der Waals surface area (Å²) in [4.78, 5) is 14.7. The molecule has 1 amide bonds. The van der Waals surface area contributed by atoms with E-state index in [-0.39, 0.29) is 12.1 Å². The molecule has 2 fully saturated rings. The Labute approximate surface area is 124 Å². The van der Waals surface area contributed by atoms with Crippen LogP contribution in [0.4, 0.5) is 0 Å². The van der Waals surface area contributed by atoms with Crippen LogP contribution in [0.2, 0.25) is 0 Å². The molecular weight excluding hydrogens is 248 g/mol. The quantitative estimate of drug-likeness (QED) is 0.858. The van der Waals surface area contributed by atoms with Gasteiger partial charge in [-0.15, -0.1) is 0 Å². The van der Waals surface area contributed by atoms with Gasteiger partial charge in [0.2, 0.25) is 5.91 Å². The molecule has 116 valence electrons. The van der Waals surface area contributed by atoms with Crippen molar-refractivity contribution in [1.82, 2.24) is 4.90 Å². The fourth-order valence-electron chi connectivity index (χ4n) is 4.08. The molecular formula is C17H32N2O. The first-order valence-corrected chi connectivity index (χ1v) is 8.64. The third-order valence-electron chi connectivity index (χ3n) is 5.43. The van der Waals surface area contributed by atoms with Crippen LogP contribution in [-0.2, 0) is 4.79 Å². The van der Waals surface area contributed by atoms with E-state index in [0.29, 0.717) is 11.8 Å². The Morgan fingerprint density at radius 1 is 1.10 bits per heavy atom. The van der Waals surface area contributed by atoms with Crippen LogP contribution >= 0.6 is 0 Å². The number of rotatable bonds is 4. The Bertz CT molecular complexity index is 310. The third kappa shape index (κ3) is 3.97. The van der Waals surface area contributed by atoms with E-state index in [1.807, 2.05) is 6.92 Å². The van der Waals surface area contributed by atoms with Crippen molar-refractivity contribution in [3.63, 3.8) is 0 Å². The summed E-state index contributed by atoms with van der Waals surface area (Å²) in [5.74, 6) is 1.66. The normalized spacial score (nSPS) is 28.1. The third-order valence-corrected chi connectivity index (χ3v) is 5.43. The Morgan fingerprint density at radius 3 is 2.40 bits per heavy atom. The zero-order valence-corrected chi connectivity index (χ0v) is 13.3. The average Bonchev–Trinajstić information content (AvgIpc) is 2.48. The molecule has 2 aliphatic rings. The number of piperidine rings is 1. The molecule has 1 saturated carbocycles. The highest BCUT2D eigenvalue weighted by atomic mass is 16.2. The van der Waals surface area contributed by atoms with Crippen molar-refractivity contribution < 1.29 is 4.79 Å². The van der Waals surface area contributed by atoms with Crippen LogP contribution in [-0.4, -0.2) is 29.4 Å². The monoisotopic (exact) mass is 280 g/mol. The van der Waals surface area contributed by atoms with Gasteiger partial charge in [-0.05, 0) is 38.0 Å². The molecule has 0 aromatic rings. The predicted molar refractivity (Wildman–Crippen MR) is 83.4 cm³/mol. The van der Waals surface area contributed by atoms with Gasteiger partial charge in [-0.1, -0.05) is 39.0 Å². The van der Waals surface area contributed by atoms with Crippen molar-refractivity contribution in [2.45, 2.75) is 83.7 Å². The van der Waals surface area contributed by atoms with Gasteiger partial charge in [-0.3, -0.25) is 4.79 Å². The van der Waals surface area contributed by atoms with Crippen molar-refractivity contribution in [2.75, 3.05) is 6.54 Å². The highest BCUT2D eigenvalue weighted by Gasteiger charge is 2.31. The summed E-state index contributed by atoms with van der Waals surface area (Å²) in [6.45, 7) is 5.24.